The highest BCUT2D eigenvalue weighted by Crippen LogP contribution is 2.14. The van der Waals surface area contributed by atoms with Crippen molar-refractivity contribution in [1.82, 2.24) is 25.1 Å². The van der Waals surface area contributed by atoms with E-state index in [-0.39, 0.29) is 0 Å². The molecule has 9 heteroatoms. The van der Waals surface area contributed by atoms with Crippen molar-refractivity contribution in [3.05, 3.63) is 24.7 Å². The Hall–Kier alpha value is -2.55. The number of hydrogen-bond acceptors (Lipinski definition) is 9. The zero-order valence-electron chi connectivity index (χ0n) is 13.1. The fourth-order valence-electron chi connectivity index (χ4n) is 2.36. The molecule has 0 radical (unpaired) electrons. The van der Waals surface area contributed by atoms with Gasteiger partial charge >= 0.3 is 0 Å². The summed E-state index contributed by atoms with van der Waals surface area (Å²) in [6, 6.07) is 1.82. The number of anilines is 3. The van der Waals surface area contributed by atoms with Gasteiger partial charge in [0.25, 0.3) is 0 Å². The van der Waals surface area contributed by atoms with Crippen LogP contribution < -0.4 is 15.1 Å². The Morgan fingerprint density at radius 1 is 1.09 bits per heavy atom. The van der Waals surface area contributed by atoms with Gasteiger partial charge in [0, 0.05) is 52.2 Å². The number of nitrogens with zero attached hydrogens (tertiary/aromatic N) is 7. The molecule has 0 unspecified atom stereocenters. The van der Waals surface area contributed by atoms with Crippen molar-refractivity contribution < 1.29 is 4.74 Å². The number of rotatable bonds is 6. The Labute approximate surface area is 134 Å². The molecule has 3 heterocycles. The Morgan fingerprint density at radius 3 is 2.48 bits per heavy atom. The van der Waals surface area contributed by atoms with Gasteiger partial charge in [-0.3, -0.25) is 0 Å². The Bertz CT molecular complexity index is 603. The number of ether oxygens (including phenoxy) is 1. The second-order valence-electron chi connectivity index (χ2n) is 5.08. The number of hydrogen-bond donors (Lipinski definition) is 1. The second-order valence-corrected chi connectivity index (χ2v) is 5.08. The van der Waals surface area contributed by atoms with Gasteiger partial charge in [-0.05, 0) is 6.07 Å². The summed E-state index contributed by atoms with van der Waals surface area (Å²) in [7, 11) is 1.67. The molecule has 0 aliphatic carbocycles. The summed E-state index contributed by atoms with van der Waals surface area (Å²) < 4.78 is 5.01. The van der Waals surface area contributed by atoms with Gasteiger partial charge < -0.3 is 19.9 Å². The monoisotopic (exact) mass is 316 g/mol. The second kappa shape index (κ2) is 7.63. The van der Waals surface area contributed by atoms with E-state index in [9.17, 15) is 0 Å². The lowest BCUT2D eigenvalue weighted by Crippen LogP contribution is -2.47. The van der Waals surface area contributed by atoms with Gasteiger partial charge in [0.05, 0.1) is 12.8 Å². The molecule has 3 rings (SSSR count). The molecule has 1 fully saturated rings. The average molecular weight is 316 g/mol. The van der Waals surface area contributed by atoms with Crippen LogP contribution in [0.25, 0.3) is 0 Å². The molecule has 9 nitrogen and oxygen atoms in total. The van der Waals surface area contributed by atoms with Crippen molar-refractivity contribution in [2.24, 2.45) is 0 Å². The molecule has 0 amide bonds. The third-order valence-electron chi connectivity index (χ3n) is 3.56. The molecule has 122 valence electrons. The molecular formula is C14H20N8O. The van der Waals surface area contributed by atoms with Crippen LogP contribution in [0.2, 0.25) is 0 Å². The van der Waals surface area contributed by atoms with Crippen LogP contribution in [0.4, 0.5) is 17.7 Å². The van der Waals surface area contributed by atoms with Crippen molar-refractivity contribution in [2.45, 2.75) is 0 Å². The first-order chi connectivity index (χ1) is 11.4. The van der Waals surface area contributed by atoms with Crippen LogP contribution in [0.15, 0.2) is 24.7 Å². The largest absolute Gasteiger partial charge is 0.383 e. The summed E-state index contributed by atoms with van der Waals surface area (Å²) in [4.78, 5) is 17.4. The number of piperazine rings is 1. The van der Waals surface area contributed by atoms with Crippen LogP contribution in [0.5, 0.6) is 0 Å². The highest BCUT2D eigenvalue weighted by Gasteiger charge is 2.21. The third kappa shape index (κ3) is 4.01. The maximum absolute atomic E-state index is 5.01. The predicted molar refractivity (Wildman–Crippen MR) is 86.7 cm³/mol. The van der Waals surface area contributed by atoms with Crippen LogP contribution in [-0.4, -0.2) is 71.6 Å². The van der Waals surface area contributed by atoms with Crippen molar-refractivity contribution >= 4 is 17.7 Å². The lowest BCUT2D eigenvalue weighted by atomic mass is 10.3. The maximum atomic E-state index is 5.01. The standard InChI is InChI=1S/C14H20N8O/c1-23-10-5-15-12-11-18-20-14(19-12)22-8-6-21(7-9-22)13-16-3-2-4-17-13/h2-4,11H,5-10H2,1H3,(H,15,19,20). The molecule has 1 N–H and O–H groups in total. The SMILES string of the molecule is COCCNc1cnnc(N2CCN(c3ncccn3)CC2)n1. The lowest BCUT2D eigenvalue weighted by Gasteiger charge is -2.34. The lowest BCUT2D eigenvalue weighted by molar-refractivity contribution is 0.210. The minimum Gasteiger partial charge on any atom is -0.383 e. The van der Waals surface area contributed by atoms with E-state index in [2.05, 4.69) is 40.3 Å². The highest BCUT2D eigenvalue weighted by molar-refractivity contribution is 5.41. The predicted octanol–water partition coefficient (Wildman–Crippen LogP) is 0.0465. The zero-order chi connectivity index (χ0) is 15.9. The summed E-state index contributed by atoms with van der Waals surface area (Å²) in [6.45, 7) is 4.58. The molecule has 0 atom stereocenters. The first-order valence-electron chi connectivity index (χ1n) is 7.56. The molecule has 1 saturated heterocycles. The minimum absolute atomic E-state index is 0.620. The van der Waals surface area contributed by atoms with E-state index in [0.717, 1.165) is 32.1 Å². The summed E-state index contributed by atoms with van der Waals surface area (Å²) >= 11 is 0. The van der Waals surface area contributed by atoms with E-state index in [1.54, 1.807) is 25.7 Å². The zero-order valence-corrected chi connectivity index (χ0v) is 13.1. The van der Waals surface area contributed by atoms with Gasteiger partial charge in [-0.25, -0.2) is 9.97 Å². The molecule has 2 aromatic heterocycles. The summed E-state index contributed by atoms with van der Waals surface area (Å²) in [6.07, 6.45) is 5.14. The average Bonchev–Trinajstić information content (AvgIpc) is 2.63. The molecular weight excluding hydrogens is 296 g/mol. The van der Waals surface area contributed by atoms with E-state index in [0.29, 0.717) is 24.9 Å². The van der Waals surface area contributed by atoms with Crippen LogP contribution in [-0.2, 0) is 4.74 Å². The van der Waals surface area contributed by atoms with Gasteiger partial charge in [0.15, 0.2) is 5.82 Å². The normalized spacial score (nSPS) is 14.8. The number of nitrogens with one attached hydrogen (secondary N) is 1. The summed E-state index contributed by atoms with van der Waals surface area (Å²) in [5.74, 6) is 2.11. The number of methoxy groups -OCH3 is 1. The molecule has 0 spiro atoms. The van der Waals surface area contributed by atoms with Crippen LogP contribution in [0.3, 0.4) is 0 Å². The third-order valence-corrected chi connectivity index (χ3v) is 3.56. The van der Waals surface area contributed by atoms with Crippen LogP contribution >= 0.6 is 0 Å². The fourth-order valence-corrected chi connectivity index (χ4v) is 2.36. The molecule has 1 aliphatic rings. The van der Waals surface area contributed by atoms with Crippen LogP contribution in [0.1, 0.15) is 0 Å². The van der Waals surface area contributed by atoms with E-state index in [1.807, 2.05) is 6.07 Å². The fraction of sp³-hybridized carbons (Fsp3) is 0.500. The van der Waals surface area contributed by atoms with Gasteiger partial charge in [-0.15, -0.1) is 5.10 Å². The van der Waals surface area contributed by atoms with E-state index < -0.39 is 0 Å². The Kier molecular flexibility index (Phi) is 5.09. The number of aromatic nitrogens is 5. The van der Waals surface area contributed by atoms with E-state index >= 15 is 0 Å². The van der Waals surface area contributed by atoms with Gasteiger partial charge in [-0.2, -0.15) is 10.1 Å². The molecule has 0 aromatic carbocycles. The topological polar surface area (TPSA) is 92.2 Å². The first-order valence-corrected chi connectivity index (χ1v) is 7.56. The van der Waals surface area contributed by atoms with E-state index in [4.69, 9.17) is 4.74 Å². The van der Waals surface area contributed by atoms with Gasteiger partial charge in [0.2, 0.25) is 11.9 Å². The Morgan fingerprint density at radius 2 is 1.78 bits per heavy atom. The van der Waals surface area contributed by atoms with E-state index in [1.165, 1.54) is 0 Å². The summed E-state index contributed by atoms with van der Waals surface area (Å²) in [5.41, 5.74) is 0. The van der Waals surface area contributed by atoms with Crippen molar-refractivity contribution in [3.8, 4) is 0 Å². The quantitative estimate of drug-likeness (QED) is 0.742. The van der Waals surface area contributed by atoms with Crippen LogP contribution in [0, 0.1) is 0 Å². The van der Waals surface area contributed by atoms with Crippen molar-refractivity contribution in [2.75, 3.05) is 61.6 Å². The summed E-state index contributed by atoms with van der Waals surface area (Å²) in [5, 5.41) is 11.3. The molecule has 2 aromatic rings. The smallest absolute Gasteiger partial charge is 0.247 e. The molecule has 0 saturated carbocycles. The molecule has 1 aliphatic heterocycles. The van der Waals surface area contributed by atoms with Crippen molar-refractivity contribution in [1.29, 1.82) is 0 Å². The Balaban J connectivity index is 1.58. The maximum Gasteiger partial charge on any atom is 0.247 e. The van der Waals surface area contributed by atoms with Gasteiger partial charge in [-0.1, -0.05) is 0 Å². The van der Waals surface area contributed by atoms with Crippen molar-refractivity contribution in [3.63, 3.8) is 0 Å². The van der Waals surface area contributed by atoms with Gasteiger partial charge in [0.1, 0.15) is 0 Å². The first kappa shape index (κ1) is 15.3. The highest BCUT2D eigenvalue weighted by atomic mass is 16.5. The minimum atomic E-state index is 0.620. The molecule has 0 bridgehead atoms. The molecule has 23 heavy (non-hydrogen) atoms.